The minimum atomic E-state index is 0.379. The van der Waals surface area contributed by atoms with E-state index in [-0.39, 0.29) is 0 Å². The standard InChI is InChI=1S/C13H16N4O/c1-17-13(9-5-6-9)15-12(16-17)8-18-11-4-2-3-10(14)7-11/h2-4,7,9H,5-6,8,14H2,1H3. The van der Waals surface area contributed by atoms with E-state index in [4.69, 9.17) is 10.5 Å². The molecule has 18 heavy (non-hydrogen) atoms. The van der Waals surface area contributed by atoms with Crippen molar-refractivity contribution in [3.8, 4) is 5.75 Å². The van der Waals surface area contributed by atoms with Gasteiger partial charge in [-0.05, 0) is 25.0 Å². The Bertz CT molecular complexity index is 560. The normalized spacial score (nSPS) is 14.7. The molecule has 3 rings (SSSR count). The lowest BCUT2D eigenvalue weighted by Crippen LogP contribution is -1.99. The quantitative estimate of drug-likeness (QED) is 0.833. The first kappa shape index (κ1) is 11.1. The third-order valence-corrected chi connectivity index (χ3v) is 3.01. The van der Waals surface area contributed by atoms with Crippen LogP contribution in [-0.2, 0) is 13.7 Å². The Hall–Kier alpha value is -2.04. The molecule has 1 fully saturated rings. The predicted octanol–water partition coefficient (Wildman–Crippen LogP) is 1.85. The molecule has 1 aliphatic rings. The van der Waals surface area contributed by atoms with Crippen LogP contribution in [0, 0.1) is 0 Å². The number of nitrogen functional groups attached to an aromatic ring is 1. The van der Waals surface area contributed by atoms with Crippen molar-refractivity contribution < 1.29 is 4.74 Å². The van der Waals surface area contributed by atoms with Gasteiger partial charge >= 0.3 is 0 Å². The third-order valence-electron chi connectivity index (χ3n) is 3.01. The summed E-state index contributed by atoms with van der Waals surface area (Å²) < 4.78 is 7.48. The Balaban J connectivity index is 1.67. The first-order chi connectivity index (χ1) is 8.72. The van der Waals surface area contributed by atoms with E-state index in [9.17, 15) is 0 Å². The van der Waals surface area contributed by atoms with Crippen LogP contribution in [0.1, 0.15) is 30.4 Å². The van der Waals surface area contributed by atoms with Crippen molar-refractivity contribution in [2.24, 2.45) is 7.05 Å². The van der Waals surface area contributed by atoms with E-state index in [0.29, 0.717) is 18.2 Å². The molecule has 0 radical (unpaired) electrons. The second kappa shape index (κ2) is 4.33. The van der Waals surface area contributed by atoms with Crippen molar-refractivity contribution in [1.29, 1.82) is 0 Å². The van der Waals surface area contributed by atoms with Crippen molar-refractivity contribution >= 4 is 5.69 Å². The minimum Gasteiger partial charge on any atom is -0.485 e. The molecule has 1 saturated carbocycles. The monoisotopic (exact) mass is 244 g/mol. The van der Waals surface area contributed by atoms with Gasteiger partial charge < -0.3 is 10.5 Å². The molecule has 0 spiro atoms. The maximum atomic E-state index is 5.69. The molecule has 0 saturated heterocycles. The molecular formula is C13H16N4O. The summed E-state index contributed by atoms with van der Waals surface area (Å²) in [5, 5.41) is 4.36. The van der Waals surface area contributed by atoms with Gasteiger partial charge in [0.2, 0.25) is 0 Å². The van der Waals surface area contributed by atoms with Crippen LogP contribution >= 0.6 is 0 Å². The largest absolute Gasteiger partial charge is 0.485 e. The van der Waals surface area contributed by atoms with Crippen LogP contribution in [-0.4, -0.2) is 14.8 Å². The van der Waals surface area contributed by atoms with Crippen LogP contribution in [0.3, 0.4) is 0 Å². The molecule has 94 valence electrons. The van der Waals surface area contributed by atoms with Crippen LogP contribution in [0.2, 0.25) is 0 Å². The van der Waals surface area contributed by atoms with Crippen molar-refractivity contribution in [1.82, 2.24) is 14.8 Å². The van der Waals surface area contributed by atoms with Gasteiger partial charge in [0.15, 0.2) is 5.82 Å². The van der Waals surface area contributed by atoms with E-state index >= 15 is 0 Å². The summed E-state index contributed by atoms with van der Waals surface area (Å²) in [5.74, 6) is 3.14. The number of aromatic nitrogens is 3. The third kappa shape index (κ3) is 2.30. The number of rotatable bonds is 4. The Morgan fingerprint density at radius 1 is 1.44 bits per heavy atom. The zero-order valence-corrected chi connectivity index (χ0v) is 10.3. The Morgan fingerprint density at radius 3 is 3.00 bits per heavy atom. The molecule has 0 bridgehead atoms. The number of anilines is 1. The van der Waals surface area contributed by atoms with Crippen molar-refractivity contribution in [2.45, 2.75) is 25.4 Å². The van der Waals surface area contributed by atoms with Crippen molar-refractivity contribution in [3.05, 3.63) is 35.9 Å². The molecule has 2 N–H and O–H groups in total. The van der Waals surface area contributed by atoms with Gasteiger partial charge in [0, 0.05) is 24.7 Å². The van der Waals surface area contributed by atoms with Crippen LogP contribution in [0.5, 0.6) is 5.75 Å². The van der Waals surface area contributed by atoms with Gasteiger partial charge in [-0.15, -0.1) is 0 Å². The SMILES string of the molecule is Cn1nc(COc2cccc(N)c2)nc1C1CC1. The molecule has 1 aromatic carbocycles. The highest BCUT2D eigenvalue weighted by molar-refractivity contribution is 5.43. The second-order valence-corrected chi connectivity index (χ2v) is 4.65. The number of nitrogens with two attached hydrogens (primary N) is 1. The molecule has 5 nitrogen and oxygen atoms in total. The number of ether oxygens (including phenoxy) is 1. The molecule has 0 amide bonds. The second-order valence-electron chi connectivity index (χ2n) is 4.65. The summed E-state index contributed by atoms with van der Waals surface area (Å²) in [7, 11) is 1.94. The summed E-state index contributed by atoms with van der Waals surface area (Å²) in [6.07, 6.45) is 2.45. The fourth-order valence-corrected chi connectivity index (χ4v) is 1.96. The summed E-state index contributed by atoms with van der Waals surface area (Å²) >= 11 is 0. The number of benzene rings is 1. The molecule has 5 heteroatoms. The van der Waals surface area contributed by atoms with Crippen LogP contribution in [0.25, 0.3) is 0 Å². The first-order valence-corrected chi connectivity index (χ1v) is 6.10. The fraction of sp³-hybridized carbons (Fsp3) is 0.385. The zero-order chi connectivity index (χ0) is 12.5. The summed E-state index contributed by atoms with van der Waals surface area (Å²) in [6.45, 7) is 0.379. The average Bonchev–Trinajstić information content (AvgIpc) is 3.11. The molecule has 1 aliphatic carbocycles. The lowest BCUT2D eigenvalue weighted by Gasteiger charge is -2.03. The van der Waals surface area contributed by atoms with Gasteiger partial charge in [-0.3, -0.25) is 4.68 Å². The van der Waals surface area contributed by atoms with E-state index in [0.717, 1.165) is 17.4 Å². The maximum Gasteiger partial charge on any atom is 0.188 e. The van der Waals surface area contributed by atoms with Gasteiger partial charge in [-0.25, -0.2) is 4.98 Å². The van der Waals surface area contributed by atoms with E-state index in [1.54, 1.807) is 6.07 Å². The van der Waals surface area contributed by atoms with E-state index in [1.807, 2.05) is 29.9 Å². The van der Waals surface area contributed by atoms with E-state index in [1.165, 1.54) is 12.8 Å². The molecule has 1 heterocycles. The summed E-state index contributed by atoms with van der Waals surface area (Å²) in [6, 6.07) is 7.37. The molecule has 1 aromatic heterocycles. The van der Waals surface area contributed by atoms with Crippen molar-refractivity contribution in [2.75, 3.05) is 5.73 Å². The number of hydrogen-bond donors (Lipinski definition) is 1. The Kier molecular flexibility index (Phi) is 2.66. The van der Waals surface area contributed by atoms with Gasteiger partial charge in [0.25, 0.3) is 0 Å². The van der Waals surface area contributed by atoms with Crippen molar-refractivity contribution in [3.63, 3.8) is 0 Å². The maximum absolute atomic E-state index is 5.69. The lowest BCUT2D eigenvalue weighted by molar-refractivity contribution is 0.295. The number of hydrogen-bond acceptors (Lipinski definition) is 4. The highest BCUT2D eigenvalue weighted by Crippen LogP contribution is 2.38. The zero-order valence-electron chi connectivity index (χ0n) is 10.3. The first-order valence-electron chi connectivity index (χ1n) is 6.10. The van der Waals surface area contributed by atoms with Crippen LogP contribution < -0.4 is 10.5 Å². The molecule has 0 atom stereocenters. The molecule has 0 unspecified atom stereocenters. The summed E-state index contributed by atoms with van der Waals surface area (Å²) in [5.41, 5.74) is 6.38. The van der Waals surface area contributed by atoms with Gasteiger partial charge in [-0.2, -0.15) is 5.10 Å². The smallest absolute Gasteiger partial charge is 0.188 e. The van der Waals surface area contributed by atoms with Gasteiger partial charge in [0.05, 0.1) is 0 Å². The predicted molar refractivity (Wildman–Crippen MR) is 68.2 cm³/mol. The number of aryl methyl sites for hydroxylation is 1. The Labute approximate surface area is 106 Å². The number of nitrogens with zero attached hydrogens (tertiary/aromatic N) is 3. The van der Waals surface area contributed by atoms with Gasteiger partial charge in [-0.1, -0.05) is 6.07 Å². The van der Waals surface area contributed by atoms with Crippen LogP contribution in [0.4, 0.5) is 5.69 Å². The lowest BCUT2D eigenvalue weighted by atomic mass is 10.3. The highest BCUT2D eigenvalue weighted by Gasteiger charge is 2.28. The highest BCUT2D eigenvalue weighted by atomic mass is 16.5. The Morgan fingerprint density at radius 2 is 2.28 bits per heavy atom. The van der Waals surface area contributed by atoms with Gasteiger partial charge in [0.1, 0.15) is 18.2 Å². The van der Waals surface area contributed by atoms with E-state index < -0.39 is 0 Å². The summed E-state index contributed by atoms with van der Waals surface area (Å²) in [4.78, 5) is 4.50. The van der Waals surface area contributed by atoms with Crippen LogP contribution in [0.15, 0.2) is 24.3 Å². The molecule has 0 aliphatic heterocycles. The van der Waals surface area contributed by atoms with E-state index in [2.05, 4.69) is 10.1 Å². The molecular weight excluding hydrogens is 228 g/mol. The molecule has 2 aromatic rings. The average molecular weight is 244 g/mol. The fourth-order valence-electron chi connectivity index (χ4n) is 1.96. The minimum absolute atomic E-state index is 0.379. The topological polar surface area (TPSA) is 66.0 Å².